The van der Waals surface area contributed by atoms with Crippen LogP contribution >= 0.6 is 23.5 Å². The van der Waals surface area contributed by atoms with Crippen molar-refractivity contribution in [3.05, 3.63) is 65.7 Å². The molecule has 0 unspecified atom stereocenters. The molecule has 0 spiro atoms. The third-order valence-electron chi connectivity index (χ3n) is 2.92. The van der Waals surface area contributed by atoms with Crippen LogP contribution in [0.3, 0.4) is 0 Å². The molecule has 0 bridgehead atoms. The SMILES string of the molecule is CSc1ccc(/C=C/C(=O)c2ccc(SC)cc2)cc1. The number of carbonyl (C=O) groups is 1. The summed E-state index contributed by atoms with van der Waals surface area (Å²) < 4.78 is 0. The van der Waals surface area contributed by atoms with Crippen LogP contribution in [-0.2, 0) is 0 Å². The van der Waals surface area contributed by atoms with Crippen molar-refractivity contribution in [1.82, 2.24) is 0 Å². The minimum atomic E-state index is 0.0339. The van der Waals surface area contributed by atoms with E-state index in [4.69, 9.17) is 0 Å². The number of allylic oxidation sites excluding steroid dienone is 1. The molecule has 0 aromatic heterocycles. The molecule has 0 saturated heterocycles. The monoisotopic (exact) mass is 300 g/mol. The Labute approximate surface area is 128 Å². The van der Waals surface area contributed by atoms with Crippen LogP contribution in [0.4, 0.5) is 0 Å². The summed E-state index contributed by atoms with van der Waals surface area (Å²) >= 11 is 3.38. The first-order valence-corrected chi connectivity index (χ1v) is 8.68. The average Bonchev–Trinajstić information content (AvgIpc) is 2.53. The first kappa shape index (κ1) is 14.9. The number of hydrogen-bond donors (Lipinski definition) is 0. The van der Waals surface area contributed by atoms with E-state index in [1.807, 2.05) is 55.0 Å². The topological polar surface area (TPSA) is 17.1 Å². The van der Waals surface area contributed by atoms with Gasteiger partial charge < -0.3 is 0 Å². The molecule has 0 saturated carbocycles. The first-order chi connectivity index (χ1) is 9.72. The second kappa shape index (κ2) is 7.36. The highest BCUT2D eigenvalue weighted by atomic mass is 32.2. The predicted molar refractivity (Wildman–Crippen MR) is 89.8 cm³/mol. The zero-order valence-electron chi connectivity index (χ0n) is 11.5. The Morgan fingerprint density at radius 3 is 1.85 bits per heavy atom. The fraction of sp³-hybridized carbons (Fsp3) is 0.118. The summed E-state index contributed by atoms with van der Waals surface area (Å²) in [5, 5.41) is 0. The zero-order chi connectivity index (χ0) is 14.4. The molecule has 0 atom stereocenters. The van der Waals surface area contributed by atoms with E-state index in [1.54, 1.807) is 29.6 Å². The van der Waals surface area contributed by atoms with Gasteiger partial charge in [-0.05, 0) is 60.5 Å². The summed E-state index contributed by atoms with van der Waals surface area (Å²) in [7, 11) is 0. The molecule has 2 aromatic carbocycles. The highest BCUT2D eigenvalue weighted by Crippen LogP contribution is 2.17. The molecule has 1 nitrogen and oxygen atoms in total. The smallest absolute Gasteiger partial charge is 0.185 e. The van der Waals surface area contributed by atoms with Gasteiger partial charge in [0.15, 0.2) is 5.78 Å². The molecule has 0 amide bonds. The number of benzene rings is 2. The fourth-order valence-corrected chi connectivity index (χ4v) is 2.55. The Hall–Kier alpha value is -1.45. The molecular weight excluding hydrogens is 284 g/mol. The second-order valence-corrected chi connectivity index (χ2v) is 5.96. The van der Waals surface area contributed by atoms with Crippen LogP contribution in [0, 0.1) is 0 Å². The largest absolute Gasteiger partial charge is 0.289 e. The highest BCUT2D eigenvalue weighted by molar-refractivity contribution is 7.98. The van der Waals surface area contributed by atoms with Crippen molar-refractivity contribution in [3.63, 3.8) is 0 Å². The molecule has 2 rings (SSSR count). The van der Waals surface area contributed by atoms with Crippen LogP contribution in [0.25, 0.3) is 6.08 Å². The van der Waals surface area contributed by atoms with Gasteiger partial charge in [-0.15, -0.1) is 23.5 Å². The van der Waals surface area contributed by atoms with Crippen LogP contribution in [0.5, 0.6) is 0 Å². The van der Waals surface area contributed by atoms with Crippen LogP contribution in [0.1, 0.15) is 15.9 Å². The van der Waals surface area contributed by atoms with Gasteiger partial charge in [-0.1, -0.05) is 18.2 Å². The maximum Gasteiger partial charge on any atom is 0.185 e. The minimum absolute atomic E-state index is 0.0339. The van der Waals surface area contributed by atoms with Crippen LogP contribution in [-0.4, -0.2) is 18.3 Å². The molecule has 0 radical (unpaired) electrons. The van der Waals surface area contributed by atoms with Crippen LogP contribution in [0.2, 0.25) is 0 Å². The van der Waals surface area contributed by atoms with E-state index in [2.05, 4.69) is 12.1 Å². The number of rotatable bonds is 5. The van der Waals surface area contributed by atoms with E-state index >= 15 is 0 Å². The van der Waals surface area contributed by atoms with Crippen molar-refractivity contribution in [2.75, 3.05) is 12.5 Å². The molecular formula is C17H16OS2. The Balaban J connectivity index is 2.07. The maximum absolute atomic E-state index is 12.0. The predicted octanol–water partition coefficient (Wildman–Crippen LogP) is 5.03. The van der Waals surface area contributed by atoms with E-state index in [-0.39, 0.29) is 5.78 Å². The van der Waals surface area contributed by atoms with Gasteiger partial charge in [0.2, 0.25) is 0 Å². The molecule has 3 heteroatoms. The van der Waals surface area contributed by atoms with E-state index < -0.39 is 0 Å². The summed E-state index contributed by atoms with van der Waals surface area (Å²) in [5.74, 6) is 0.0339. The molecule has 0 fully saturated rings. The molecule has 102 valence electrons. The maximum atomic E-state index is 12.0. The second-order valence-electron chi connectivity index (χ2n) is 4.20. The Kier molecular flexibility index (Phi) is 5.50. The quantitative estimate of drug-likeness (QED) is 0.438. The van der Waals surface area contributed by atoms with Crippen molar-refractivity contribution in [2.24, 2.45) is 0 Å². The van der Waals surface area contributed by atoms with Gasteiger partial charge in [0.05, 0.1) is 0 Å². The number of hydrogen-bond acceptors (Lipinski definition) is 3. The van der Waals surface area contributed by atoms with Crippen molar-refractivity contribution < 1.29 is 4.79 Å². The van der Waals surface area contributed by atoms with Crippen LogP contribution < -0.4 is 0 Å². The van der Waals surface area contributed by atoms with E-state index in [9.17, 15) is 4.79 Å². The summed E-state index contributed by atoms with van der Waals surface area (Å²) in [6, 6.07) is 15.8. The standard InChI is InChI=1S/C17H16OS2/c1-19-15-8-3-13(4-9-15)5-12-17(18)14-6-10-16(20-2)11-7-14/h3-12H,1-2H3/b12-5+. The van der Waals surface area contributed by atoms with Gasteiger partial charge in [0.25, 0.3) is 0 Å². The van der Waals surface area contributed by atoms with Gasteiger partial charge in [-0.25, -0.2) is 0 Å². The van der Waals surface area contributed by atoms with Crippen molar-refractivity contribution in [3.8, 4) is 0 Å². The molecule has 0 aliphatic carbocycles. The Morgan fingerprint density at radius 1 is 0.850 bits per heavy atom. The van der Waals surface area contributed by atoms with Crippen molar-refractivity contribution in [2.45, 2.75) is 9.79 Å². The van der Waals surface area contributed by atoms with Gasteiger partial charge in [-0.2, -0.15) is 0 Å². The summed E-state index contributed by atoms with van der Waals surface area (Å²) in [6.07, 6.45) is 7.55. The normalized spacial score (nSPS) is 10.9. The summed E-state index contributed by atoms with van der Waals surface area (Å²) in [4.78, 5) is 14.4. The lowest BCUT2D eigenvalue weighted by atomic mass is 10.1. The lowest BCUT2D eigenvalue weighted by Crippen LogP contribution is -1.93. The third-order valence-corrected chi connectivity index (χ3v) is 4.40. The molecule has 0 N–H and O–H groups in total. The summed E-state index contributed by atoms with van der Waals surface area (Å²) in [6.45, 7) is 0. The highest BCUT2D eigenvalue weighted by Gasteiger charge is 2.01. The Morgan fingerprint density at radius 2 is 1.35 bits per heavy atom. The lowest BCUT2D eigenvalue weighted by molar-refractivity contribution is 0.104. The first-order valence-electron chi connectivity index (χ1n) is 6.23. The van der Waals surface area contributed by atoms with Gasteiger partial charge in [0.1, 0.15) is 0 Å². The van der Waals surface area contributed by atoms with Gasteiger partial charge >= 0.3 is 0 Å². The third kappa shape index (κ3) is 4.02. The molecule has 20 heavy (non-hydrogen) atoms. The average molecular weight is 300 g/mol. The number of ketones is 1. The zero-order valence-corrected chi connectivity index (χ0v) is 13.1. The van der Waals surface area contributed by atoms with Crippen molar-refractivity contribution >= 4 is 35.4 Å². The van der Waals surface area contributed by atoms with Crippen LogP contribution in [0.15, 0.2) is 64.4 Å². The summed E-state index contributed by atoms with van der Waals surface area (Å²) in [5.41, 5.74) is 1.76. The Bertz CT molecular complexity index is 598. The number of carbonyl (C=O) groups excluding carboxylic acids is 1. The molecule has 2 aromatic rings. The lowest BCUT2D eigenvalue weighted by Gasteiger charge is -1.99. The molecule has 0 aliphatic heterocycles. The molecule has 0 heterocycles. The van der Waals surface area contributed by atoms with E-state index in [0.29, 0.717) is 0 Å². The fourth-order valence-electron chi connectivity index (χ4n) is 1.74. The molecule has 0 aliphatic rings. The van der Waals surface area contributed by atoms with Crippen molar-refractivity contribution in [1.29, 1.82) is 0 Å². The van der Waals surface area contributed by atoms with E-state index in [1.165, 1.54) is 4.90 Å². The number of thioether (sulfide) groups is 2. The van der Waals surface area contributed by atoms with E-state index in [0.717, 1.165) is 16.0 Å². The van der Waals surface area contributed by atoms with Gasteiger partial charge in [0, 0.05) is 15.4 Å². The minimum Gasteiger partial charge on any atom is -0.289 e. The van der Waals surface area contributed by atoms with Gasteiger partial charge in [-0.3, -0.25) is 4.79 Å².